The Morgan fingerprint density at radius 1 is 1.47 bits per heavy atom. The van der Waals surface area contributed by atoms with Crippen molar-refractivity contribution in [2.24, 2.45) is 5.92 Å². The van der Waals surface area contributed by atoms with Crippen LogP contribution in [0.25, 0.3) is 0 Å². The maximum atomic E-state index is 12.7. The summed E-state index contributed by atoms with van der Waals surface area (Å²) in [5.41, 5.74) is 0.290. The number of carbonyl (C=O) groups excluding carboxylic acids is 1. The molecule has 1 aromatic heterocycles. The van der Waals surface area contributed by atoms with Crippen molar-refractivity contribution in [3.63, 3.8) is 0 Å². The largest absolute Gasteiger partial charge is 0.393 e. The minimum atomic E-state index is -0.446. The number of hydrogen-bond donors (Lipinski definition) is 1. The van der Waals surface area contributed by atoms with E-state index < -0.39 is 5.82 Å². The van der Waals surface area contributed by atoms with Crippen LogP contribution in [0.15, 0.2) is 18.3 Å². The van der Waals surface area contributed by atoms with Gasteiger partial charge in [0.2, 0.25) is 0 Å². The van der Waals surface area contributed by atoms with Gasteiger partial charge < -0.3 is 10.0 Å². The Hall–Kier alpha value is -1.33. The SMILES string of the molecule is CC(O)CCN(C)CC(C)C(=O)c1ccc(F)cn1. The van der Waals surface area contributed by atoms with Crippen molar-refractivity contribution >= 4 is 5.78 Å². The summed E-state index contributed by atoms with van der Waals surface area (Å²) < 4.78 is 12.7. The summed E-state index contributed by atoms with van der Waals surface area (Å²) >= 11 is 0. The van der Waals surface area contributed by atoms with Crippen molar-refractivity contribution in [2.45, 2.75) is 26.4 Å². The smallest absolute Gasteiger partial charge is 0.185 e. The van der Waals surface area contributed by atoms with Gasteiger partial charge in [0.25, 0.3) is 0 Å². The van der Waals surface area contributed by atoms with Crippen molar-refractivity contribution in [1.29, 1.82) is 0 Å². The molecule has 2 unspecified atom stereocenters. The standard InChI is InChI=1S/C14H21FN2O2/c1-10(9-17(3)7-6-11(2)18)14(19)13-5-4-12(15)8-16-13/h4-5,8,10-11,18H,6-7,9H2,1-3H3. The Balaban J connectivity index is 2.50. The first-order valence-corrected chi connectivity index (χ1v) is 6.42. The van der Waals surface area contributed by atoms with Crippen LogP contribution in [0.2, 0.25) is 0 Å². The predicted octanol–water partition coefficient (Wildman–Crippen LogP) is 1.74. The summed E-state index contributed by atoms with van der Waals surface area (Å²) in [6.07, 6.45) is 1.38. The number of nitrogens with zero attached hydrogens (tertiary/aromatic N) is 2. The summed E-state index contributed by atoms with van der Waals surface area (Å²) in [5, 5.41) is 9.21. The number of ketones is 1. The van der Waals surface area contributed by atoms with Gasteiger partial charge in [-0.3, -0.25) is 9.78 Å². The van der Waals surface area contributed by atoms with Crippen LogP contribution < -0.4 is 0 Å². The second kappa shape index (κ2) is 7.31. The average Bonchev–Trinajstić information content (AvgIpc) is 2.36. The van der Waals surface area contributed by atoms with Crippen LogP contribution in [-0.2, 0) is 0 Å². The van der Waals surface area contributed by atoms with Crippen molar-refractivity contribution in [2.75, 3.05) is 20.1 Å². The number of aliphatic hydroxyl groups is 1. The topological polar surface area (TPSA) is 53.4 Å². The molecule has 0 aliphatic carbocycles. The molecular formula is C14H21FN2O2. The molecule has 5 heteroatoms. The zero-order valence-corrected chi connectivity index (χ0v) is 11.6. The molecule has 4 nitrogen and oxygen atoms in total. The molecule has 19 heavy (non-hydrogen) atoms. The third-order valence-corrected chi connectivity index (χ3v) is 2.94. The van der Waals surface area contributed by atoms with Crippen LogP contribution in [0.3, 0.4) is 0 Å². The fourth-order valence-electron chi connectivity index (χ4n) is 1.82. The van der Waals surface area contributed by atoms with E-state index in [0.717, 1.165) is 12.7 Å². The van der Waals surface area contributed by atoms with Gasteiger partial charge in [-0.1, -0.05) is 6.92 Å². The first kappa shape index (κ1) is 15.7. The fraction of sp³-hybridized carbons (Fsp3) is 0.571. The molecule has 0 radical (unpaired) electrons. The molecule has 0 bridgehead atoms. The molecular weight excluding hydrogens is 247 g/mol. The Morgan fingerprint density at radius 3 is 2.68 bits per heavy atom. The third kappa shape index (κ3) is 5.44. The normalized spacial score (nSPS) is 14.4. The quantitative estimate of drug-likeness (QED) is 0.765. The summed E-state index contributed by atoms with van der Waals surface area (Å²) in [6, 6.07) is 2.65. The molecule has 0 fully saturated rings. The Kier molecular flexibility index (Phi) is 6.05. The molecule has 2 atom stereocenters. The number of aliphatic hydroxyl groups excluding tert-OH is 1. The van der Waals surface area contributed by atoms with Crippen LogP contribution in [0, 0.1) is 11.7 Å². The maximum Gasteiger partial charge on any atom is 0.185 e. The molecule has 0 saturated carbocycles. The highest BCUT2D eigenvalue weighted by molar-refractivity contribution is 5.95. The fourth-order valence-corrected chi connectivity index (χ4v) is 1.82. The number of halogens is 1. The molecule has 106 valence electrons. The molecule has 0 aromatic carbocycles. The van der Waals surface area contributed by atoms with Crippen molar-refractivity contribution in [3.8, 4) is 0 Å². The molecule has 0 aliphatic heterocycles. The lowest BCUT2D eigenvalue weighted by atomic mass is 10.0. The number of hydrogen-bond acceptors (Lipinski definition) is 4. The van der Waals surface area contributed by atoms with Crippen LogP contribution in [-0.4, -0.2) is 47.0 Å². The monoisotopic (exact) mass is 268 g/mol. The number of aromatic nitrogens is 1. The van der Waals surface area contributed by atoms with E-state index in [4.69, 9.17) is 0 Å². The molecule has 0 saturated heterocycles. The second-order valence-corrected chi connectivity index (χ2v) is 5.03. The minimum absolute atomic E-state index is 0.0936. The average molecular weight is 268 g/mol. The van der Waals surface area contributed by atoms with E-state index in [-0.39, 0.29) is 23.5 Å². The molecule has 1 aromatic rings. The summed E-state index contributed by atoms with van der Waals surface area (Å²) in [5.74, 6) is -0.751. The Bertz CT molecular complexity index is 406. The predicted molar refractivity (Wildman–Crippen MR) is 71.5 cm³/mol. The molecule has 0 aliphatic rings. The van der Waals surface area contributed by atoms with Gasteiger partial charge in [-0.15, -0.1) is 0 Å². The van der Waals surface area contributed by atoms with E-state index in [1.807, 2.05) is 18.9 Å². The Morgan fingerprint density at radius 2 is 2.16 bits per heavy atom. The van der Waals surface area contributed by atoms with Crippen molar-refractivity contribution < 1.29 is 14.3 Å². The van der Waals surface area contributed by atoms with Crippen LogP contribution in [0.4, 0.5) is 4.39 Å². The highest BCUT2D eigenvalue weighted by atomic mass is 19.1. The molecule has 1 heterocycles. The first-order chi connectivity index (χ1) is 8.90. The van der Waals surface area contributed by atoms with Gasteiger partial charge in [-0.05, 0) is 32.5 Å². The maximum absolute atomic E-state index is 12.7. The van der Waals surface area contributed by atoms with Gasteiger partial charge in [0.1, 0.15) is 11.5 Å². The number of pyridine rings is 1. The van der Waals surface area contributed by atoms with E-state index in [0.29, 0.717) is 13.0 Å². The molecule has 0 amide bonds. The highest BCUT2D eigenvalue weighted by Gasteiger charge is 2.18. The van der Waals surface area contributed by atoms with E-state index in [9.17, 15) is 14.3 Å². The minimum Gasteiger partial charge on any atom is -0.393 e. The summed E-state index contributed by atoms with van der Waals surface area (Å²) in [4.78, 5) is 17.9. The van der Waals surface area contributed by atoms with Crippen molar-refractivity contribution in [3.05, 3.63) is 29.8 Å². The van der Waals surface area contributed by atoms with Crippen molar-refractivity contribution in [1.82, 2.24) is 9.88 Å². The highest BCUT2D eigenvalue weighted by Crippen LogP contribution is 2.09. The van der Waals surface area contributed by atoms with Crippen LogP contribution in [0.5, 0.6) is 0 Å². The summed E-state index contributed by atoms with van der Waals surface area (Å²) in [7, 11) is 1.91. The third-order valence-electron chi connectivity index (χ3n) is 2.94. The van der Waals surface area contributed by atoms with Gasteiger partial charge in [-0.25, -0.2) is 4.39 Å². The lowest BCUT2D eigenvalue weighted by molar-refractivity contribution is 0.0891. The zero-order valence-electron chi connectivity index (χ0n) is 11.6. The van der Waals surface area contributed by atoms with E-state index in [2.05, 4.69) is 4.98 Å². The lowest BCUT2D eigenvalue weighted by Gasteiger charge is -2.20. The second-order valence-electron chi connectivity index (χ2n) is 5.03. The lowest BCUT2D eigenvalue weighted by Crippen LogP contribution is -2.31. The first-order valence-electron chi connectivity index (χ1n) is 6.42. The van der Waals surface area contributed by atoms with Gasteiger partial charge in [-0.2, -0.15) is 0 Å². The van der Waals surface area contributed by atoms with Gasteiger partial charge in [0, 0.05) is 19.0 Å². The number of rotatable bonds is 7. The van der Waals surface area contributed by atoms with Gasteiger partial charge >= 0.3 is 0 Å². The van der Waals surface area contributed by atoms with E-state index >= 15 is 0 Å². The molecule has 0 spiro atoms. The van der Waals surface area contributed by atoms with Crippen LogP contribution in [0.1, 0.15) is 30.8 Å². The molecule has 1 N–H and O–H groups in total. The Labute approximate surface area is 113 Å². The molecule has 1 rings (SSSR count). The van der Waals surface area contributed by atoms with E-state index in [1.165, 1.54) is 12.1 Å². The zero-order chi connectivity index (χ0) is 14.4. The van der Waals surface area contributed by atoms with E-state index in [1.54, 1.807) is 6.92 Å². The number of carbonyl (C=O) groups is 1. The van der Waals surface area contributed by atoms with Gasteiger partial charge in [0.05, 0.1) is 12.3 Å². The van der Waals surface area contributed by atoms with Gasteiger partial charge in [0.15, 0.2) is 5.78 Å². The number of Topliss-reactive ketones (excluding diaryl/α,β-unsaturated/α-hetero) is 1. The van der Waals surface area contributed by atoms with Crippen LogP contribution >= 0.6 is 0 Å². The summed E-state index contributed by atoms with van der Waals surface area (Å²) in [6.45, 7) is 4.88.